The highest BCUT2D eigenvalue weighted by atomic mass is 35.5. The smallest absolute Gasteiger partial charge is 0.253 e. The van der Waals surface area contributed by atoms with Gasteiger partial charge in [0.25, 0.3) is 5.91 Å². The maximum absolute atomic E-state index is 12.8. The van der Waals surface area contributed by atoms with Crippen molar-refractivity contribution in [1.82, 2.24) is 9.80 Å². The Morgan fingerprint density at radius 3 is 2.52 bits per heavy atom. The number of carbonyl (C=O) groups excluding carboxylic acids is 1. The summed E-state index contributed by atoms with van der Waals surface area (Å²) in [5, 5.41) is 9.95. The van der Waals surface area contributed by atoms with Crippen molar-refractivity contribution in [1.29, 1.82) is 0 Å². The monoisotopic (exact) mass is 389 g/mol. The molecule has 1 amide bonds. The van der Waals surface area contributed by atoms with Crippen LogP contribution in [0.4, 0.5) is 0 Å². The third-order valence-corrected chi connectivity index (χ3v) is 5.74. The number of hydrogen-bond donors (Lipinski definition) is 2. The molecule has 2 aliphatic rings. The molecule has 1 aromatic rings. The minimum atomic E-state index is -0.0345. The number of carbonyl (C=O) groups is 1. The van der Waals surface area contributed by atoms with E-state index in [0.29, 0.717) is 13.1 Å². The standard InChI is InChI=1S/C18H27N3O2.2ClH/c1-20-9-2-7-18(13-22)8-10-21(12-16(18)20)17(23)15-5-3-14(11-19)4-6-15;;/h3-6,16,22H,2,7-13,19H2,1H3;2*1H/t16-,18-;;/m1../s1. The van der Waals surface area contributed by atoms with E-state index in [9.17, 15) is 9.90 Å². The molecule has 7 heteroatoms. The van der Waals surface area contributed by atoms with Gasteiger partial charge in [-0.1, -0.05) is 12.1 Å². The number of benzene rings is 1. The fourth-order valence-corrected chi connectivity index (χ4v) is 4.17. The van der Waals surface area contributed by atoms with Gasteiger partial charge in [-0.3, -0.25) is 4.79 Å². The van der Waals surface area contributed by atoms with Crippen LogP contribution in [0.3, 0.4) is 0 Å². The zero-order valence-corrected chi connectivity index (χ0v) is 16.3. The van der Waals surface area contributed by atoms with Crippen molar-refractivity contribution >= 4 is 30.7 Å². The summed E-state index contributed by atoms with van der Waals surface area (Å²) in [6, 6.07) is 7.82. The lowest BCUT2D eigenvalue weighted by Crippen LogP contribution is -2.62. The number of likely N-dealkylation sites (N-methyl/N-ethyl adjacent to an activating group) is 1. The number of hydrogen-bond acceptors (Lipinski definition) is 4. The van der Waals surface area contributed by atoms with Crippen molar-refractivity contribution in [3.8, 4) is 0 Å². The molecular formula is C18H29Cl2N3O2. The third-order valence-electron chi connectivity index (χ3n) is 5.74. The topological polar surface area (TPSA) is 69.8 Å². The van der Waals surface area contributed by atoms with Gasteiger partial charge in [0, 0.05) is 36.7 Å². The number of aliphatic hydroxyl groups excluding tert-OH is 1. The summed E-state index contributed by atoms with van der Waals surface area (Å²) in [6.45, 7) is 3.18. The molecule has 2 heterocycles. The van der Waals surface area contributed by atoms with Crippen LogP contribution >= 0.6 is 24.8 Å². The van der Waals surface area contributed by atoms with Crippen LogP contribution in [0, 0.1) is 5.41 Å². The van der Waals surface area contributed by atoms with Crippen molar-refractivity contribution in [2.45, 2.75) is 31.8 Å². The molecule has 0 spiro atoms. The third kappa shape index (κ3) is 4.29. The van der Waals surface area contributed by atoms with Crippen LogP contribution in [-0.2, 0) is 6.54 Å². The molecule has 0 aliphatic carbocycles. The highest BCUT2D eigenvalue weighted by Gasteiger charge is 2.47. The van der Waals surface area contributed by atoms with E-state index >= 15 is 0 Å². The molecule has 142 valence electrons. The molecule has 1 aromatic carbocycles. The number of rotatable bonds is 3. The van der Waals surface area contributed by atoms with Crippen LogP contribution in [0.5, 0.6) is 0 Å². The highest BCUT2D eigenvalue weighted by Crippen LogP contribution is 2.41. The van der Waals surface area contributed by atoms with E-state index in [1.807, 2.05) is 29.2 Å². The van der Waals surface area contributed by atoms with Crippen LogP contribution in [-0.4, -0.2) is 60.1 Å². The lowest BCUT2D eigenvalue weighted by atomic mass is 9.69. The molecule has 2 fully saturated rings. The first-order valence-electron chi connectivity index (χ1n) is 8.49. The number of amides is 1. The zero-order chi connectivity index (χ0) is 16.4. The van der Waals surface area contributed by atoms with E-state index in [2.05, 4.69) is 11.9 Å². The molecule has 0 bridgehead atoms. The minimum Gasteiger partial charge on any atom is -0.396 e. The molecule has 2 aliphatic heterocycles. The Labute approximate surface area is 162 Å². The summed E-state index contributed by atoms with van der Waals surface area (Å²) < 4.78 is 0. The van der Waals surface area contributed by atoms with Gasteiger partial charge in [-0.2, -0.15) is 0 Å². The van der Waals surface area contributed by atoms with E-state index in [1.165, 1.54) is 0 Å². The summed E-state index contributed by atoms with van der Waals surface area (Å²) in [5.74, 6) is 0.0825. The summed E-state index contributed by atoms with van der Waals surface area (Å²) >= 11 is 0. The van der Waals surface area contributed by atoms with Crippen molar-refractivity contribution in [3.63, 3.8) is 0 Å². The second-order valence-electron chi connectivity index (χ2n) is 7.02. The molecule has 0 aromatic heterocycles. The molecule has 5 nitrogen and oxygen atoms in total. The number of likely N-dealkylation sites (tertiary alicyclic amines) is 2. The molecule has 2 saturated heterocycles. The van der Waals surface area contributed by atoms with Gasteiger partial charge in [0.05, 0.1) is 6.61 Å². The lowest BCUT2D eigenvalue weighted by molar-refractivity contribution is -0.0601. The number of nitrogens with zero attached hydrogens (tertiary/aromatic N) is 2. The normalized spacial score (nSPS) is 26.2. The fourth-order valence-electron chi connectivity index (χ4n) is 4.17. The largest absolute Gasteiger partial charge is 0.396 e. The number of piperidine rings is 2. The number of halogens is 2. The molecule has 0 saturated carbocycles. The summed E-state index contributed by atoms with van der Waals surface area (Å²) in [7, 11) is 2.11. The second kappa shape index (κ2) is 9.19. The first-order valence-corrected chi connectivity index (χ1v) is 8.49. The van der Waals surface area contributed by atoms with Crippen molar-refractivity contribution in [2.75, 3.05) is 33.3 Å². The van der Waals surface area contributed by atoms with Gasteiger partial charge >= 0.3 is 0 Å². The van der Waals surface area contributed by atoms with Crippen LogP contribution < -0.4 is 5.73 Å². The first kappa shape index (κ1) is 22.2. The fraction of sp³-hybridized carbons (Fsp3) is 0.611. The van der Waals surface area contributed by atoms with Gasteiger partial charge in [-0.15, -0.1) is 24.8 Å². The maximum atomic E-state index is 12.8. The first-order chi connectivity index (χ1) is 11.1. The Balaban J connectivity index is 0.00000156. The van der Waals surface area contributed by atoms with Gasteiger partial charge in [0.15, 0.2) is 0 Å². The van der Waals surface area contributed by atoms with Crippen molar-refractivity contribution < 1.29 is 9.90 Å². The van der Waals surface area contributed by atoms with Gasteiger partial charge in [-0.25, -0.2) is 0 Å². The quantitative estimate of drug-likeness (QED) is 0.827. The predicted molar refractivity (Wildman–Crippen MR) is 105 cm³/mol. The SMILES string of the molecule is CN1CCC[C@]2(CO)CCN(C(=O)c3ccc(CN)cc3)C[C@@H]12.Cl.Cl. The average Bonchev–Trinajstić information content (AvgIpc) is 2.61. The molecular weight excluding hydrogens is 361 g/mol. The van der Waals surface area contributed by atoms with Crippen molar-refractivity contribution in [2.24, 2.45) is 11.1 Å². The Morgan fingerprint density at radius 1 is 1.24 bits per heavy atom. The molecule has 0 unspecified atom stereocenters. The number of nitrogens with two attached hydrogens (primary N) is 1. The molecule has 3 rings (SSSR count). The van der Waals surface area contributed by atoms with Crippen LogP contribution in [0.25, 0.3) is 0 Å². The molecule has 2 atom stereocenters. The lowest BCUT2D eigenvalue weighted by Gasteiger charge is -2.53. The minimum absolute atomic E-state index is 0. The maximum Gasteiger partial charge on any atom is 0.253 e. The highest BCUT2D eigenvalue weighted by molar-refractivity contribution is 5.94. The Hall–Kier alpha value is -0.850. The van der Waals surface area contributed by atoms with Crippen molar-refractivity contribution in [3.05, 3.63) is 35.4 Å². The Morgan fingerprint density at radius 2 is 1.92 bits per heavy atom. The van der Waals surface area contributed by atoms with E-state index < -0.39 is 0 Å². The van der Waals surface area contributed by atoms with Gasteiger partial charge in [-0.05, 0) is 50.6 Å². The zero-order valence-electron chi connectivity index (χ0n) is 14.7. The summed E-state index contributed by atoms with van der Waals surface area (Å²) in [4.78, 5) is 17.0. The summed E-state index contributed by atoms with van der Waals surface area (Å²) in [6.07, 6.45) is 3.07. The molecule has 3 N–H and O–H groups in total. The van der Waals surface area contributed by atoms with Crippen LogP contribution in [0.2, 0.25) is 0 Å². The Kier molecular flexibility index (Phi) is 8.16. The van der Waals surface area contributed by atoms with Gasteiger partial charge in [0.2, 0.25) is 0 Å². The molecule has 0 radical (unpaired) electrons. The van der Waals surface area contributed by atoms with Gasteiger partial charge in [0.1, 0.15) is 0 Å². The van der Waals surface area contributed by atoms with E-state index in [1.54, 1.807) is 0 Å². The van der Waals surface area contributed by atoms with Crippen LogP contribution in [0.15, 0.2) is 24.3 Å². The summed E-state index contributed by atoms with van der Waals surface area (Å²) in [5.41, 5.74) is 7.33. The average molecular weight is 390 g/mol. The molecule has 25 heavy (non-hydrogen) atoms. The predicted octanol–water partition coefficient (Wildman–Crippen LogP) is 1.91. The van der Waals surface area contributed by atoms with E-state index in [-0.39, 0.29) is 48.8 Å². The van der Waals surface area contributed by atoms with Gasteiger partial charge < -0.3 is 20.6 Å². The van der Waals surface area contributed by atoms with Crippen LogP contribution in [0.1, 0.15) is 35.2 Å². The Bertz CT molecular complexity index is 570. The van der Waals surface area contributed by atoms with E-state index in [0.717, 1.165) is 43.5 Å². The number of aliphatic hydroxyl groups is 1. The number of fused-ring (bicyclic) bond motifs is 1. The second-order valence-corrected chi connectivity index (χ2v) is 7.02. The van der Waals surface area contributed by atoms with E-state index in [4.69, 9.17) is 5.73 Å².